The van der Waals surface area contributed by atoms with Crippen LogP contribution in [0.2, 0.25) is 5.02 Å². The van der Waals surface area contributed by atoms with Gasteiger partial charge in [0.25, 0.3) is 0 Å². The Morgan fingerprint density at radius 2 is 2.24 bits per heavy atom. The van der Waals surface area contributed by atoms with Gasteiger partial charge in [-0.2, -0.15) is 4.80 Å². The van der Waals surface area contributed by atoms with Crippen molar-refractivity contribution in [2.24, 2.45) is 5.92 Å². The number of carbonyl (C=O) groups excluding carboxylic acids is 1. The quantitative estimate of drug-likeness (QED) is 0.916. The van der Waals surface area contributed by atoms with Crippen molar-refractivity contribution in [2.45, 2.75) is 32.4 Å². The summed E-state index contributed by atoms with van der Waals surface area (Å²) in [5.74, 6) is 0.942. The molecule has 0 radical (unpaired) electrons. The van der Waals surface area contributed by atoms with Gasteiger partial charge in [0.05, 0.1) is 5.02 Å². The highest BCUT2D eigenvalue weighted by atomic mass is 35.5. The van der Waals surface area contributed by atoms with E-state index in [0.717, 1.165) is 0 Å². The number of nitrogens with one attached hydrogen (secondary N) is 1. The monoisotopic (exact) mass is 305 g/mol. The van der Waals surface area contributed by atoms with Gasteiger partial charge in [0.1, 0.15) is 6.54 Å². The van der Waals surface area contributed by atoms with E-state index in [1.165, 1.54) is 17.6 Å². The largest absolute Gasteiger partial charge is 0.352 e. The molecule has 1 atom stereocenters. The van der Waals surface area contributed by atoms with Crippen LogP contribution >= 0.6 is 11.6 Å². The van der Waals surface area contributed by atoms with E-state index < -0.39 is 0 Å². The number of amides is 1. The van der Waals surface area contributed by atoms with Crippen molar-refractivity contribution in [3.8, 4) is 11.4 Å². The maximum Gasteiger partial charge on any atom is 0.243 e. The minimum Gasteiger partial charge on any atom is -0.352 e. The molecular formula is C14H16ClN5O. The maximum atomic E-state index is 11.9. The van der Waals surface area contributed by atoms with Gasteiger partial charge in [0.2, 0.25) is 11.7 Å². The van der Waals surface area contributed by atoms with Crippen molar-refractivity contribution in [3.05, 3.63) is 29.3 Å². The highest BCUT2D eigenvalue weighted by molar-refractivity contribution is 6.33. The van der Waals surface area contributed by atoms with E-state index in [9.17, 15) is 4.79 Å². The summed E-state index contributed by atoms with van der Waals surface area (Å²) >= 11 is 6.09. The molecule has 1 heterocycles. The van der Waals surface area contributed by atoms with Crippen LogP contribution in [0.25, 0.3) is 11.4 Å². The number of hydrogen-bond donors (Lipinski definition) is 1. The average Bonchev–Trinajstić information content (AvgIpc) is 3.21. The van der Waals surface area contributed by atoms with Gasteiger partial charge in [-0.1, -0.05) is 23.7 Å². The zero-order chi connectivity index (χ0) is 14.8. The van der Waals surface area contributed by atoms with Crippen LogP contribution in [0, 0.1) is 5.92 Å². The zero-order valence-electron chi connectivity index (χ0n) is 11.7. The molecule has 0 bridgehead atoms. The fourth-order valence-electron chi connectivity index (χ4n) is 2.20. The highest BCUT2D eigenvalue weighted by Crippen LogP contribution is 2.32. The zero-order valence-corrected chi connectivity index (χ0v) is 12.4. The first-order valence-corrected chi connectivity index (χ1v) is 7.33. The molecule has 6 nitrogen and oxygen atoms in total. The Bertz CT molecular complexity index is 652. The Hall–Kier alpha value is -1.95. The van der Waals surface area contributed by atoms with Crippen LogP contribution in [0.4, 0.5) is 0 Å². The fraction of sp³-hybridized carbons (Fsp3) is 0.429. The van der Waals surface area contributed by atoms with Crippen LogP contribution in [0.5, 0.6) is 0 Å². The molecule has 0 unspecified atom stereocenters. The Labute approximate surface area is 127 Å². The van der Waals surface area contributed by atoms with E-state index in [1.54, 1.807) is 6.07 Å². The molecule has 3 rings (SSSR count). The normalized spacial score (nSPS) is 15.7. The van der Waals surface area contributed by atoms with Crippen molar-refractivity contribution >= 4 is 17.5 Å². The van der Waals surface area contributed by atoms with Gasteiger partial charge in [-0.05, 0) is 43.0 Å². The highest BCUT2D eigenvalue weighted by Gasteiger charge is 2.28. The lowest BCUT2D eigenvalue weighted by Crippen LogP contribution is -2.36. The van der Waals surface area contributed by atoms with Crippen LogP contribution < -0.4 is 5.32 Å². The molecule has 1 aliphatic rings. The summed E-state index contributed by atoms with van der Waals surface area (Å²) in [5, 5.41) is 15.6. The van der Waals surface area contributed by atoms with E-state index in [4.69, 9.17) is 11.6 Å². The van der Waals surface area contributed by atoms with Crippen molar-refractivity contribution in [1.82, 2.24) is 25.5 Å². The fourth-order valence-corrected chi connectivity index (χ4v) is 2.42. The number of carbonyl (C=O) groups is 1. The standard InChI is InChI=1S/C14H16ClN5O/c1-9(10-6-7-10)16-13(21)8-20-18-14(17-19-20)11-4-2-3-5-12(11)15/h2-5,9-10H,6-8H2,1H3,(H,16,21)/t9-/m1/s1. The summed E-state index contributed by atoms with van der Waals surface area (Å²) in [4.78, 5) is 13.2. The summed E-state index contributed by atoms with van der Waals surface area (Å²) in [5.41, 5.74) is 0.706. The molecular weight excluding hydrogens is 290 g/mol. The Kier molecular flexibility index (Phi) is 3.88. The third-order valence-corrected chi connectivity index (χ3v) is 3.90. The number of benzene rings is 1. The van der Waals surface area contributed by atoms with Gasteiger partial charge in [-0.3, -0.25) is 4.79 Å². The molecule has 1 aromatic heterocycles. The summed E-state index contributed by atoms with van der Waals surface area (Å²) < 4.78 is 0. The predicted molar refractivity (Wildman–Crippen MR) is 78.6 cm³/mol. The number of halogens is 1. The van der Waals surface area contributed by atoms with E-state index in [-0.39, 0.29) is 18.5 Å². The van der Waals surface area contributed by atoms with Gasteiger partial charge >= 0.3 is 0 Å². The lowest BCUT2D eigenvalue weighted by atomic mass is 10.2. The summed E-state index contributed by atoms with van der Waals surface area (Å²) in [6.07, 6.45) is 2.39. The van der Waals surface area contributed by atoms with Crippen molar-refractivity contribution in [2.75, 3.05) is 0 Å². The minimum atomic E-state index is -0.0995. The van der Waals surface area contributed by atoms with E-state index in [2.05, 4.69) is 20.7 Å². The molecule has 2 aromatic rings. The predicted octanol–water partition coefficient (Wildman–Crippen LogP) is 1.91. The Balaban J connectivity index is 1.65. The number of aromatic nitrogens is 4. The SMILES string of the molecule is C[C@@H](NC(=O)Cn1nnc(-c2ccccc2Cl)n1)C1CC1. The molecule has 1 N–H and O–H groups in total. The van der Waals surface area contributed by atoms with Crippen LogP contribution in [-0.4, -0.2) is 32.2 Å². The third-order valence-electron chi connectivity index (χ3n) is 3.57. The minimum absolute atomic E-state index is 0.0640. The first-order chi connectivity index (χ1) is 10.1. The Morgan fingerprint density at radius 3 is 2.95 bits per heavy atom. The summed E-state index contributed by atoms with van der Waals surface area (Å²) in [7, 11) is 0. The number of tetrazole rings is 1. The Morgan fingerprint density at radius 1 is 1.48 bits per heavy atom. The van der Waals surface area contributed by atoms with Gasteiger partial charge in [-0.15, -0.1) is 10.2 Å². The summed E-state index contributed by atoms with van der Waals surface area (Å²) in [6, 6.07) is 7.49. The molecule has 0 aliphatic heterocycles. The van der Waals surface area contributed by atoms with Crippen molar-refractivity contribution in [3.63, 3.8) is 0 Å². The molecule has 1 aromatic carbocycles. The lowest BCUT2D eigenvalue weighted by molar-refractivity contribution is -0.122. The molecule has 7 heteroatoms. The van der Waals surface area contributed by atoms with Crippen molar-refractivity contribution in [1.29, 1.82) is 0 Å². The van der Waals surface area contributed by atoms with Crippen molar-refractivity contribution < 1.29 is 4.79 Å². The molecule has 0 saturated heterocycles. The topological polar surface area (TPSA) is 72.7 Å². The van der Waals surface area contributed by atoms with Gasteiger partial charge in [-0.25, -0.2) is 0 Å². The van der Waals surface area contributed by atoms with Gasteiger partial charge < -0.3 is 5.32 Å². The van der Waals surface area contributed by atoms with Crippen LogP contribution in [0.1, 0.15) is 19.8 Å². The molecule has 110 valence electrons. The maximum absolute atomic E-state index is 11.9. The van der Waals surface area contributed by atoms with E-state index >= 15 is 0 Å². The van der Waals surface area contributed by atoms with Crippen LogP contribution in [-0.2, 0) is 11.3 Å². The lowest BCUT2D eigenvalue weighted by Gasteiger charge is -2.11. The van der Waals surface area contributed by atoms with E-state index in [0.29, 0.717) is 22.3 Å². The van der Waals surface area contributed by atoms with Gasteiger partial charge in [0, 0.05) is 11.6 Å². The van der Waals surface area contributed by atoms with Crippen LogP contribution in [0.15, 0.2) is 24.3 Å². The summed E-state index contributed by atoms with van der Waals surface area (Å²) in [6.45, 7) is 2.09. The molecule has 21 heavy (non-hydrogen) atoms. The first-order valence-electron chi connectivity index (χ1n) is 6.95. The third kappa shape index (κ3) is 3.39. The second-order valence-electron chi connectivity index (χ2n) is 5.32. The number of rotatable bonds is 5. The molecule has 1 fully saturated rings. The van der Waals surface area contributed by atoms with Gasteiger partial charge in [0.15, 0.2) is 0 Å². The number of hydrogen-bond acceptors (Lipinski definition) is 4. The second kappa shape index (κ2) is 5.81. The first kappa shape index (κ1) is 14.0. The number of nitrogens with zero attached hydrogens (tertiary/aromatic N) is 4. The molecule has 1 saturated carbocycles. The molecule has 1 amide bonds. The molecule has 1 aliphatic carbocycles. The second-order valence-corrected chi connectivity index (χ2v) is 5.72. The smallest absolute Gasteiger partial charge is 0.243 e. The van der Waals surface area contributed by atoms with Crippen LogP contribution in [0.3, 0.4) is 0 Å². The van der Waals surface area contributed by atoms with E-state index in [1.807, 2.05) is 25.1 Å². The molecule has 0 spiro atoms. The average molecular weight is 306 g/mol.